The molecule has 30 heavy (non-hydrogen) atoms. The summed E-state index contributed by atoms with van der Waals surface area (Å²) in [7, 11) is 0. The lowest BCUT2D eigenvalue weighted by Gasteiger charge is -2.16. The maximum atomic E-state index is 13.4. The molecule has 8 heteroatoms. The van der Waals surface area contributed by atoms with Gasteiger partial charge in [-0.2, -0.15) is 13.2 Å². The molecular formula is C22H20F3N3OS. The molecule has 0 saturated carbocycles. The number of carbonyl (C=O) groups excluding carboxylic acids is 1. The van der Waals surface area contributed by atoms with Crippen LogP contribution in [-0.4, -0.2) is 21.1 Å². The smallest absolute Gasteiger partial charge is 0.325 e. The lowest BCUT2D eigenvalue weighted by molar-refractivity contribution is -0.141. The Kier molecular flexibility index (Phi) is 6.45. The molecule has 1 amide bonds. The minimum atomic E-state index is -4.62. The highest BCUT2D eigenvalue weighted by atomic mass is 32.2. The number of halogens is 3. The number of carbonyl (C=O) groups is 1. The zero-order chi connectivity index (χ0) is 21.9. The first-order valence-corrected chi connectivity index (χ1v) is 10.1. The quantitative estimate of drug-likeness (QED) is 0.404. The van der Waals surface area contributed by atoms with E-state index in [1.807, 2.05) is 32.0 Å². The number of amides is 1. The fourth-order valence-corrected chi connectivity index (χ4v) is 3.61. The van der Waals surface area contributed by atoms with Gasteiger partial charge in [0.05, 0.1) is 10.9 Å². The van der Waals surface area contributed by atoms with E-state index in [0.717, 1.165) is 29.0 Å². The van der Waals surface area contributed by atoms with Crippen LogP contribution in [-0.2, 0) is 11.0 Å². The number of aryl methyl sites for hydroxylation is 2. The van der Waals surface area contributed by atoms with E-state index in [2.05, 4.69) is 15.3 Å². The van der Waals surface area contributed by atoms with Crippen LogP contribution in [0.2, 0.25) is 0 Å². The molecule has 3 rings (SSSR count). The Morgan fingerprint density at radius 2 is 1.63 bits per heavy atom. The summed E-state index contributed by atoms with van der Waals surface area (Å²) in [4.78, 5) is 20.5. The number of benzene rings is 2. The monoisotopic (exact) mass is 431 g/mol. The Morgan fingerprint density at radius 1 is 1.00 bits per heavy atom. The highest BCUT2D eigenvalue weighted by molar-refractivity contribution is 8.00. The molecule has 0 unspecified atom stereocenters. The van der Waals surface area contributed by atoms with Crippen molar-refractivity contribution in [3.63, 3.8) is 0 Å². The third kappa shape index (κ3) is 5.18. The Balaban J connectivity index is 1.87. The molecule has 0 spiro atoms. The zero-order valence-corrected chi connectivity index (χ0v) is 17.4. The molecule has 3 aromatic rings. The summed E-state index contributed by atoms with van der Waals surface area (Å²) in [6, 6.07) is 15.1. The Hall–Kier alpha value is -2.87. The van der Waals surface area contributed by atoms with Crippen molar-refractivity contribution in [3.05, 3.63) is 71.4 Å². The van der Waals surface area contributed by atoms with E-state index in [-0.39, 0.29) is 16.8 Å². The third-order valence-corrected chi connectivity index (χ3v) is 5.41. The van der Waals surface area contributed by atoms with E-state index in [9.17, 15) is 18.0 Å². The third-order valence-electron chi connectivity index (χ3n) is 4.45. The van der Waals surface area contributed by atoms with Crippen molar-refractivity contribution in [2.75, 3.05) is 5.32 Å². The molecule has 4 nitrogen and oxygen atoms in total. The minimum Gasteiger partial charge on any atom is -0.325 e. The van der Waals surface area contributed by atoms with Gasteiger partial charge < -0.3 is 5.32 Å². The summed E-state index contributed by atoms with van der Waals surface area (Å²) in [6.07, 6.45) is -4.62. The number of alkyl halides is 3. The van der Waals surface area contributed by atoms with Gasteiger partial charge in [0.25, 0.3) is 0 Å². The average Bonchev–Trinajstić information content (AvgIpc) is 2.70. The van der Waals surface area contributed by atoms with Crippen molar-refractivity contribution in [2.24, 2.45) is 0 Å². The summed E-state index contributed by atoms with van der Waals surface area (Å²) in [5.41, 5.74) is 2.17. The topological polar surface area (TPSA) is 54.9 Å². The minimum absolute atomic E-state index is 0.104. The van der Waals surface area contributed by atoms with Crippen LogP contribution in [0.1, 0.15) is 23.7 Å². The molecule has 0 saturated heterocycles. The lowest BCUT2D eigenvalue weighted by Crippen LogP contribution is -2.24. The van der Waals surface area contributed by atoms with Crippen molar-refractivity contribution in [2.45, 2.75) is 37.4 Å². The van der Waals surface area contributed by atoms with Gasteiger partial charge in [-0.25, -0.2) is 9.97 Å². The van der Waals surface area contributed by atoms with E-state index >= 15 is 0 Å². The fourth-order valence-electron chi connectivity index (χ4n) is 2.83. The molecule has 0 aliphatic rings. The van der Waals surface area contributed by atoms with Crippen LogP contribution in [0.15, 0.2) is 59.8 Å². The molecule has 0 aliphatic heterocycles. The number of nitrogens with zero attached hydrogens (tertiary/aromatic N) is 2. The van der Waals surface area contributed by atoms with Gasteiger partial charge in [0.15, 0.2) is 5.16 Å². The Labute approximate surface area is 177 Å². The zero-order valence-electron chi connectivity index (χ0n) is 16.6. The van der Waals surface area contributed by atoms with Gasteiger partial charge in [-0.1, -0.05) is 60.3 Å². The van der Waals surface area contributed by atoms with Gasteiger partial charge >= 0.3 is 6.18 Å². The maximum Gasteiger partial charge on any atom is 0.433 e. The highest BCUT2D eigenvalue weighted by Crippen LogP contribution is 2.33. The first-order valence-electron chi connectivity index (χ1n) is 9.20. The molecule has 0 bridgehead atoms. The molecule has 0 aliphatic carbocycles. The summed E-state index contributed by atoms with van der Waals surface area (Å²) in [5.74, 6) is -0.334. The van der Waals surface area contributed by atoms with Crippen molar-refractivity contribution in [1.29, 1.82) is 0 Å². The van der Waals surface area contributed by atoms with Gasteiger partial charge in [-0.05, 0) is 38.0 Å². The Bertz CT molecular complexity index is 1030. The molecule has 1 atom stereocenters. The predicted molar refractivity (Wildman–Crippen MR) is 112 cm³/mol. The first kappa shape index (κ1) is 21.8. The summed E-state index contributed by atoms with van der Waals surface area (Å²) < 4.78 is 40.1. The van der Waals surface area contributed by atoms with Crippen LogP contribution < -0.4 is 5.32 Å². The number of nitrogens with one attached hydrogen (secondary N) is 1. The molecular weight excluding hydrogens is 411 g/mol. The number of thioether (sulfide) groups is 1. The van der Waals surface area contributed by atoms with E-state index in [1.54, 1.807) is 37.3 Å². The fraction of sp³-hybridized carbons (Fsp3) is 0.227. The summed E-state index contributed by atoms with van der Waals surface area (Å²) in [5, 5.41) is 2.05. The van der Waals surface area contributed by atoms with Gasteiger partial charge in [-0.15, -0.1) is 0 Å². The number of aromatic nitrogens is 2. The number of para-hydroxylation sites is 1. The van der Waals surface area contributed by atoms with Crippen LogP contribution in [0.5, 0.6) is 0 Å². The largest absolute Gasteiger partial charge is 0.433 e. The second-order valence-corrected chi connectivity index (χ2v) is 8.11. The average molecular weight is 431 g/mol. The SMILES string of the molecule is Cc1cccc(C)c1NC(=O)[C@H](C)Sc1nc(-c2ccccc2)cc(C(F)(F)F)n1. The molecule has 1 heterocycles. The molecule has 0 fully saturated rings. The van der Waals surface area contributed by atoms with Crippen molar-refractivity contribution in [3.8, 4) is 11.3 Å². The van der Waals surface area contributed by atoms with Gasteiger partial charge in [0.2, 0.25) is 5.91 Å². The predicted octanol–water partition coefficient (Wildman–Crippen LogP) is 5.90. The van der Waals surface area contributed by atoms with Crippen LogP contribution in [0, 0.1) is 13.8 Å². The van der Waals surface area contributed by atoms with Crippen LogP contribution in [0.25, 0.3) is 11.3 Å². The molecule has 156 valence electrons. The molecule has 1 aromatic heterocycles. The van der Waals surface area contributed by atoms with Crippen molar-refractivity contribution < 1.29 is 18.0 Å². The molecule has 0 radical (unpaired) electrons. The van der Waals surface area contributed by atoms with E-state index < -0.39 is 17.1 Å². The second-order valence-electron chi connectivity index (χ2n) is 6.80. The Morgan fingerprint density at radius 3 is 2.23 bits per heavy atom. The highest BCUT2D eigenvalue weighted by Gasteiger charge is 2.34. The van der Waals surface area contributed by atoms with Crippen LogP contribution >= 0.6 is 11.8 Å². The first-order chi connectivity index (χ1) is 14.1. The van der Waals surface area contributed by atoms with E-state index in [4.69, 9.17) is 0 Å². The molecule has 1 N–H and O–H groups in total. The van der Waals surface area contributed by atoms with Crippen molar-refractivity contribution >= 4 is 23.4 Å². The standard InChI is InChI=1S/C22H20F3N3OS/c1-13-8-7-9-14(2)19(13)28-20(29)15(3)30-21-26-17(16-10-5-4-6-11-16)12-18(27-21)22(23,24)25/h4-12,15H,1-3H3,(H,28,29)/t15-/m0/s1. The number of hydrogen-bond acceptors (Lipinski definition) is 4. The normalized spacial score (nSPS) is 12.5. The van der Waals surface area contributed by atoms with Gasteiger partial charge in [0, 0.05) is 11.3 Å². The number of rotatable bonds is 5. The van der Waals surface area contributed by atoms with E-state index in [1.165, 1.54) is 0 Å². The van der Waals surface area contributed by atoms with Crippen LogP contribution in [0.3, 0.4) is 0 Å². The van der Waals surface area contributed by atoms with Crippen LogP contribution in [0.4, 0.5) is 18.9 Å². The maximum absolute atomic E-state index is 13.4. The molecule has 2 aromatic carbocycles. The van der Waals surface area contributed by atoms with Gasteiger partial charge in [0.1, 0.15) is 5.69 Å². The lowest BCUT2D eigenvalue weighted by atomic mass is 10.1. The van der Waals surface area contributed by atoms with Crippen molar-refractivity contribution in [1.82, 2.24) is 9.97 Å². The van der Waals surface area contributed by atoms with Gasteiger partial charge in [-0.3, -0.25) is 4.79 Å². The second kappa shape index (κ2) is 8.87. The summed E-state index contributed by atoms with van der Waals surface area (Å²) in [6.45, 7) is 5.37. The van der Waals surface area contributed by atoms with E-state index in [0.29, 0.717) is 11.3 Å². The summed E-state index contributed by atoms with van der Waals surface area (Å²) >= 11 is 0.887. The number of anilines is 1. The number of hydrogen-bond donors (Lipinski definition) is 1.